The highest BCUT2D eigenvalue weighted by molar-refractivity contribution is 7.88. The molecule has 8 nitrogen and oxygen atoms in total. The minimum Gasteiger partial charge on any atom is -0.368 e. The highest BCUT2D eigenvalue weighted by atomic mass is 35.5. The Labute approximate surface area is 169 Å². The van der Waals surface area contributed by atoms with Gasteiger partial charge in [-0.2, -0.15) is 0 Å². The average Bonchev–Trinajstić information content (AvgIpc) is 2.65. The summed E-state index contributed by atoms with van der Waals surface area (Å²) in [5.41, 5.74) is 8.05. The number of piperidine rings is 1. The van der Waals surface area contributed by atoms with E-state index in [1.807, 2.05) is 12.1 Å². The Kier molecular flexibility index (Phi) is 6.17. The van der Waals surface area contributed by atoms with Gasteiger partial charge in [0.25, 0.3) is 0 Å². The van der Waals surface area contributed by atoms with E-state index < -0.39 is 10.0 Å². The first kappa shape index (κ1) is 20.5. The molecule has 1 atom stereocenters. The van der Waals surface area contributed by atoms with Crippen LogP contribution in [0.1, 0.15) is 31.0 Å². The number of hydrogen-bond acceptors (Lipinski definition) is 6. The molecule has 0 spiro atoms. The van der Waals surface area contributed by atoms with E-state index in [-0.39, 0.29) is 24.4 Å². The Balaban J connectivity index is 1.97. The van der Waals surface area contributed by atoms with Crippen molar-refractivity contribution < 1.29 is 13.2 Å². The SMILES string of the molecule is CS(=O)(=O)NCC(=O)N1CCCCC1c1nc(N)ncc1-c1cccc(Cl)c1. The van der Waals surface area contributed by atoms with E-state index in [2.05, 4.69) is 14.7 Å². The van der Waals surface area contributed by atoms with Gasteiger partial charge >= 0.3 is 0 Å². The molecule has 1 aliphatic heterocycles. The van der Waals surface area contributed by atoms with Crippen molar-refractivity contribution in [3.63, 3.8) is 0 Å². The molecule has 28 heavy (non-hydrogen) atoms. The number of nitrogens with two attached hydrogens (primary N) is 1. The van der Waals surface area contributed by atoms with E-state index in [0.29, 0.717) is 23.7 Å². The van der Waals surface area contributed by atoms with E-state index in [1.165, 1.54) is 0 Å². The van der Waals surface area contributed by atoms with Crippen LogP contribution in [0.3, 0.4) is 0 Å². The lowest BCUT2D eigenvalue weighted by molar-refractivity contribution is -0.133. The zero-order valence-electron chi connectivity index (χ0n) is 15.4. The molecule has 1 aromatic heterocycles. The Hall–Kier alpha value is -2.23. The number of nitrogens with one attached hydrogen (secondary N) is 1. The van der Waals surface area contributed by atoms with Gasteiger partial charge in [-0.25, -0.2) is 23.1 Å². The maximum atomic E-state index is 12.7. The molecule has 0 aliphatic carbocycles. The number of hydrogen-bond donors (Lipinski definition) is 2. The number of likely N-dealkylation sites (tertiary alicyclic amines) is 1. The van der Waals surface area contributed by atoms with E-state index in [9.17, 15) is 13.2 Å². The summed E-state index contributed by atoms with van der Waals surface area (Å²) >= 11 is 6.13. The van der Waals surface area contributed by atoms with Crippen molar-refractivity contribution >= 4 is 33.5 Å². The topological polar surface area (TPSA) is 118 Å². The maximum Gasteiger partial charge on any atom is 0.238 e. The summed E-state index contributed by atoms with van der Waals surface area (Å²) in [6.07, 6.45) is 5.13. The molecular formula is C18H22ClN5O3S. The fourth-order valence-electron chi connectivity index (χ4n) is 3.35. The van der Waals surface area contributed by atoms with Crippen LogP contribution in [0.2, 0.25) is 5.02 Å². The molecular weight excluding hydrogens is 402 g/mol. The molecule has 1 aromatic carbocycles. The van der Waals surface area contributed by atoms with Crippen LogP contribution in [0.15, 0.2) is 30.5 Å². The second-order valence-electron chi connectivity index (χ2n) is 6.73. The van der Waals surface area contributed by atoms with E-state index >= 15 is 0 Å². The van der Waals surface area contributed by atoms with Crippen molar-refractivity contribution in [2.45, 2.75) is 25.3 Å². The average molecular weight is 424 g/mol. The van der Waals surface area contributed by atoms with Crippen LogP contribution < -0.4 is 10.5 Å². The van der Waals surface area contributed by atoms with Crippen molar-refractivity contribution in [2.75, 3.05) is 25.1 Å². The quantitative estimate of drug-likeness (QED) is 0.759. The van der Waals surface area contributed by atoms with Gasteiger partial charge in [0.05, 0.1) is 24.5 Å². The van der Waals surface area contributed by atoms with Gasteiger partial charge in [-0.1, -0.05) is 23.7 Å². The number of halogens is 1. The van der Waals surface area contributed by atoms with Gasteiger partial charge in [0.15, 0.2) is 0 Å². The van der Waals surface area contributed by atoms with Crippen LogP contribution in [0.4, 0.5) is 5.95 Å². The smallest absolute Gasteiger partial charge is 0.238 e. The Bertz CT molecular complexity index is 983. The monoisotopic (exact) mass is 423 g/mol. The minimum atomic E-state index is -3.46. The number of benzene rings is 1. The van der Waals surface area contributed by atoms with Crippen molar-refractivity contribution in [1.82, 2.24) is 19.6 Å². The predicted molar refractivity (Wildman–Crippen MR) is 108 cm³/mol. The third-order valence-corrected chi connectivity index (χ3v) is 5.50. The molecule has 150 valence electrons. The van der Waals surface area contributed by atoms with Gasteiger partial charge in [0.2, 0.25) is 21.9 Å². The van der Waals surface area contributed by atoms with Crippen molar-refractivity contribution in [2.24, 2.45) is 0 Å². The lowest BCUT2D eigenvalue weighted by Gasteiger charge is -2.36. The van der Waals surface area contributed by atoms with Crippen LogP contribution in [0.5, 0.6) is 0 Å². The Morgan fingerprint density at radius 2 is 2.18 bits per heavy atom. The van der Waals surface area contributed by atoms with Crippen LogP contribution in [-0.4, -0.2) is 48.5 Å². The first-order valence-electron chi connectivity index (χ1n) is 8.87. The third kappa shape index (κ3) is 4.98. The summed E-state index contributed by atoms with van der Waals surface area (Å²) in [4.78, 5) is 22.9. The zero-order chi connectivity index (χ0) is 20.3. The Morgan fingerprint density at radius 3 is 2.89 bits per heavy atom. The second kappa shape index (κ2) is 8.42. The molecule has 1 unspecified atom stereocenters. The van der Waals surface area contributed by atoms with Gasteiger partial charge in [0, 0.05) is 23.3 Å². The number of anilines is 1. The predicted octanol–water partition coefficient (Wildman–Crippen LogP) is 1.98. The summed E-state index contributed by atoms with van der Waals surface area (Å²) in [7, 11) is -3.46. The van der Waals surface area contributed by atoms with Crippen molar-refractivity contribution in [3.8, 4) is 11.1 Å². The number of aromatic nitrogens is 2. The van der Waals surface area contributed by atoms with E-state index in [4.69, 9.17) is 17.3 Å². The fourth-order valence-corrected chi connectivity index (χ4v) is 3.93. The molecule has 2 aromatic rings. The van der Waals surface area contributed by atoms with E-state index in [0.717, 1.165) is 30.2 Å². The first-order valence-corrected chi connectivity index (χ1v) is 11.1. The molecule has 10 heteroatoms. The molecule has 0 saturated carbocycles. The maximum absolute atomic E-state index is 12.7. The number of rotatable bonds is 5. The first-order chi connectivity index (χ1) is 13.2. The van der Waals surface area contributed by atoms with Gasteiger partial charge in [0.1, 0.15) is 0 Å². The van der Waals surface area contributed by atoms with Gasteiger partial charge < -0.3 is 10.6 Å². The molecule has 1 amide bonds. The van der Waals surface area contributed by atoms with Gasteiger partial charge in [-0.05, 0) is 37.0 Å². The van der Waals surface area contributed by atoms with Crippen molar-refractivity contribution in [1.29, 1.82) is 0 Å². The van der Waals surface area contributed by atoms with Crippen LogP contribution in [0.25, 0.3) is 11.1 Å². The van der Waals surface area contributed by atoms with Gasteiger partial charge in [-0.15, -0.1) is 0 Å². The summed E-state index contributed by atoms with van der Waals surface area (Å²) < 4.78 is 25.0. The minimum absolute atomic E-state index is 0.119. The molecule has 1 saturated heterocycles. The molecule has 0 radical (unpaired) electrons. The lowest BCUT2D eigenvalue weighted by Crippen LogP contribution is -2.44. The van der Waals surface area contributed by atoms with Crippen LogP contribution in [0, 0.1) is 0 Å². The summed E-state index contributed by atoms with van der Waals surface area (Å²) in [5, 5.41) is 0.578. The molecule has 1 aliphatic rings. The lowest BCUT2D eigenvalue weighted by atomic mass is 9.93. The summed E-state index contributed by atoms with van der Waals surface area (Å²) in [6.45, 7) is 0.232. The van der Waals surface area contributed by atoms with Crippen molar-refractivity contribution in [3.05, 3.63) is 41.2 Å². The number of sulfonamides is 1. The molecule has 0 bridgehead atoms. The number of carbonyl (C=O) groups is 1. The fraction of sp³-hybridized carbons (Fsp3) is 0.389. The zero-order valence-corrected chi connectivity index (χ0v) is 17.0. The molecule has 3 rings (SSSR count). The normalized spacial score (nSPS) is 17.5. The number of carbonyl (C=O) groups excluding carboxylic acids is 1. The third-order valence-electron chi connectivity index (χ3n) is 4.60. The number of amides is 1. The number of nitrogen functional groups attached to an aromatic ring is 1. The molecule has 1 fully saturated rings. The second-order valence-corrected chi connectivity index (χ2v) is 9.00. The highest BCUT2D eigenvalue weighted by Crippen LogP contribution is 2.36. The summed E-state index contributed by atoms with van der Waals surface area (Å²) in [5.74, 6) is -0.183. The molecule has 2 heterocycles. The van der Waals surface area contributed by atoms with Crippen LogP contribution in [-0.2, 0) is 14.8 Å². The van der Waals surface area contributed by atoms with Gasteiger partial charge in [-0.3, -0.25) is 4.79 Å². The standard InChI is InChI=1S/C18H22ClN5O3S/c1-28(26,27)22-11-16(25)24-8-3-2-7-15(24)17-14(10-21-18(20)23-17)12-5-4-6-13(19)9-12/h4-6,9-10,15,22H,2-3,7-8,11H2,1H3,(H2,20,21,23). The van der Waals surface area contributed by atoms with E-state index in [1.54, 1.807) is 23.2 Å². The number of nitrogens with zero attached hydrogens (tertiary/aromatic N) is 3. The highest BCUT2D eigenvalue weighted by Gasteiger charge is 2.31. The summed E-state index contributed by atoms with van der Waals surface area (Å²) in [6, 6.07) is 6.99. The largest absolute Gasteiger partial charge is 0.368 e. The Morgan fingerprint density at radius 1 is 1.39 bits per heavy atom. The van der Waals surface area contributed by atoms with Crippen LogP contribution >= 0.6 is 11.6 Å². The molecule has 3 N–H and O–H groups in total.